The summed E-state index contributed by atoms with van der Waals surface area (Å²) in [5, 5.41) is 11.2. The van der Waals surface area contributed by atoms with Crippen LogP contribution in [0.5, 0.6) is 0 Å². The predicted octanol–water partition coefficient (Wildman–Crippen LogP) is 2.78. The highest BCUT2D eigenvalue weighted by Crippen LogP contribution is 2.23. The number of carbonyl (C=O) groups is 1. The summed E-state index contributed by atoms with van der Waals surface area (Å²) in [4.78, 5) is 16.9. The van der Waals surface area contributed by atoms with Crippen molar-refractivity contribution in [2.75, 3.05) is 43.4 Å². The van der Waals surface area contributed by atoms with Gasteiger partial charge in [-0.3, -0.25) is 4.79 Å². The van der Waals surface area contributed by atoms with Crippen molar-refractivity contribution in [1.29, 1.82) is 0 Å². The van der Waals surface area contributed by atoms with E-state index < -0.39 is 0 Å². The molecule has 1 aliphatic rings. The van der Waals surface area contributed by atoms with E-state index in [-0.39, 0.29) is 11.3 Å². The van der Waals surface area contributed by atoms with Gasteiger partial charge in [-0.15, -0.1) is 10.2 Å². The van der Waals surface area contributed by atoms with Crippen LogP contribution in [-0.2, 0) is 5.41 Å². The Morgan fingerprint density at radius 2 is 1.62 bits per heavy atom. The van der Waals surface area contributed by atoms with Crippen molar-refractivity contribution >= 4 is 17.4 Å². The summed E-state index contributed by atoms with van der Waals surface area (Å²) in [7, 11) is 2.12. The zero-order valence-corrected chi connectivity index (χ0v) is 16.0. The van der Waals surface area contributed by atoms with Gasteiger partial charge in [0.15, 0.2) is 11.5 Å². The van der Waals surface area contributed by atoms with Gasteiger partial charge in [0.05, 0.1) is 0 Å². The average Bonchev–Trinajstić information content (AvgIpc) is 2.62. The molecule has 0 atom stereocenters. The minimum absolute atomic E-state index is 0.0904. The van der Waals surface area contributed by atoms with Crippen LogP contribution in [0.15, 0.2) is 36.4 Å². The fraction of sp³-hybridized carbons (Fsp3) is 0.450. The van der Waals surface area contributed by atoms with Crippen LogP contribution >= 0.6 is 0 Å². The monoisotopic (exact) mass is 353 g/mol. The maximum Gasteiger partial charge on any atom is 0.276 e. The maximum atomic E-state index is 12.4. The molecule has 1 N–H and O–H groups in total. The summed E-state index contributed by atoms with van der Waals surface area (Å²) in [5.74, 6) is 0.579. The van der Waals surface area contributed by atoms with Gasteiger partial charge in [0.1, 0.15) is 0 Å². The number of rotatable bonds is 3. The van der Waals surface area contributed by atoms with E-state index in [1.165, 1.54) is 5.56 Å². The third-order valence-corrected chi connectivity index (χ3v) is 4.72. The zero-order chi connectivity index (χ0) is 18.7. The summed E-state index contributed by atoms with van der Waals surface area (Å²) in [6.07, 6.45) is 0. The van der Waals surface area contributed by atoms with E-state index in [1.54, 1.807) is 6.07 Å². The molecule has 0 unspecified atom stereocenters. The molecule has 0 radical (unpaired) electrons. The Morgan fingerprint density at radius 1 is 0.962 bits per heavy atom. The Bertz CT molecular complexity index is 741. The molecule has 138 valence electrons. The molecule has 6 heteroatoms. The van der Waals surface area contributed by atoms with Crippen molar-refractivity contribution in [3.05, 3.63) is 47.7 Å². The van der Waals surface area contributed by atoms with Crippen LogP contribution in [0.25, 0.3) is 0 Å². The van der Waals surface area contributed by atoms with Crippen LogP contribution < -0.4 is 10.2 Å². The lowest BCUT2D eigenvalue weighted by molar-refractivity contribution is 0.102. The predicted molar refractivity (Wildman–Crippen MR) is 105 cm³/mol. The van der Waals surface area contributed by atoms with Gasteiger partial charge in [-0.1, -0.05) is 32.9 Å². The van der Waals surface area contributed by atoms with E-state index in [0.717, 1.165) is 37.7 Å². The lowest BCUT2D eigenvalue weighted by Crippen LogP contribution is -2.44. The van der Waals surface area contributed by atoms with Crippen LogP contribution in [0, 0.1) is 0 Å². The Labute approximate surface area is 155 Å². The van der Waals surface area contributed by atoms with E-state index in [4.69, 9.17) is 0 Å². The first-order chi connectivity index (χ1) is 12.3. The van der Waals surface area contributed by atoms with Crippen molar-refractivity contribution in [3.8, 4) is 0 Å². The van der Waals surface area contributed by atoms with Crippen molar-refractivity contribution in [2.24, 2.45) is 0 Å². The molecule has 0 spiro atoms. The van der Waals surface area contributed by atoms with Crippen molar-refractivity contribution < 1.29 is 4.79 Å². The second-order valence-electron chi connectivity index (χ2n) is 7.85. The molecule has 2 heterocycles. The molecule has 6 nitrogen and oxygen atoms in total. The van der Waals surface area contributed by atoms with E-state index in [2.05, 4.69) is 53.1 Å². The number of piperazine rings is 1. The molecule has 26 heavy (non-hydrogen) atoms. The number of likely N-dealkylation sites (N-methyl/N-ethyl adjacent to an activating group) is 1. The largest absolute Gasteiger partial charge is 0.353 e. The molecular weight excluding hydrogens is 326 g/mol. The highest BCUT2D eigenvalue weighted by Gasteiger charge is 2.17. The molecule has 0 saturated carbocycles. The quantitative estimate of drug-likeness (QED) is 0.919. The highest BCUT2D eigenvalue weighted by atomic mass is 16.1. The molecule has 1 amide bonds. The number of nitrogens with zero attached hydrogens (tertiary/aromatic N) is 4. The van der Waals surface area contributed by atoms with Crippen molar-refractivity contribution in [3.63, 3.8) is 0 Å². The number of amides is 1. The Balaban J connectivity index is 1.63. The lowest BCUT2D eigenvalue weighted by Gasteiger charge is -2.32. The van der Waals surface area contributed by atoms with Gasteiger partial charge >= 0.3 is 0 Å². The lowest BCUT2D eigenvalue weighted by atomic mass is 9.87. The summed E-state index contributed by atoms with van der Waals surface area (Å²) in [6.45, 7) is 10.4. The zero-order valence-electron chi connectivity index (χ0n) is 16.0. The summed E-state index contributed by atoms with van der Waals surface area (Å²) >= 11 is 0. The number of hydrogen-bond donors (Lipinski definition) is 1. The first-order valence-electron chi connectivity index (χ1n) is 9.02. The molecule has 1 aromatic carbocycles. The van der Waals surface area contributed by atoms with Crippen LogP contribution in [-0.4, -0.2) is 54.2 Å². The number of hydrogen-bond acceptors (Lipinski definition) is 5. The molecule has 0 aliphatic carbocycles. The molecule has 0 bridgehead atoms. The number of anilines is 2. The van der Waals surface area contributed by atoms with Crippen LogP contribution in [0.3, 0.4) is 0 Å². The SMILES string of the molecule is CN1CCN(c2ccc(C(=O)Nc3ccc(C(C)(C)C)cc3)nn2)CC1. The Hall–Kier alpha value is -2.47. The number of benzene rings is 1. The van der Waals surface area contributed by atoms with Gasteiger partial charge in [0, 0.05) is 31.9 Å². The number of nitrogens with one attached hydrogen (secondary N) is 1. The minimum Gasteiger partial charge on any atom is -0.353 e. The standard InChI is InChI=1S/C20H27N5O/c1-20(2,3)15-5-7-16(8-6-15)21-19(26)17-9-10-18(23-22-17)25-13-11-24(4)12-14-25/h5-10H,11-14H2,1-4H3,(H,21,26). The number of aromatic nitrogens is 2. The molecule has 1 saturated heterocycles. The van der Waals surface area contributed by atoms with E-state index >= 15 is 0 Å². The molecule has 1 aromatic heterocycles. The van der Waals surface area contributed by atoms with Gasteiger partial charge in [-0.25, -0.2) is 0 Å². The fourth-order valence-electron chi connectivity index (χ4n) is 2.90. The maximum absolute atomic E-state index is 12.4. The summed E-state index contributed by atoms with van der Waals surface area (Å²) in [5.41, 5.74) is 2.40. The number of carbonyl (C=O) groups excluding carboxylic acids is 1. The van der Waals surface area contributed by atoms with E-state index in [9.17, 15) is 4.79 Å². The topological polar surface area (TPSA) is 61.4 Å². The first kappa shape index (κ1) is 18.3. The van der Waals surface area contributed by atoms with Gasteiger partial charge in [-0.05, 0) is 42.3 Å². The molecule has 1 fully saturated rings. The molecule has 2 aromatic rings. The van der Waals surface area contributed by atoms with Crippen LogP contribution in [0.2, 0.25) is 0 Å². The Morgan fingerprint density at radius 3 is 2.15 bits per heavy atom. The molecule has 3 rings (SSSR count). The van der Waals surface area contributed by atoms with Crippen molar-refractivity contribution in [2.45, 2.75) is 26.2 Å². The molecule has 1 aliphatic heterocycles. The van der Waals surface area contributed by atoms with E-state index in [1.807, 2.05) is 30.3 Å². The summed E-state index contributed by atoms with van der Waals surface area (Å²) in [6, 6.07) is 11.5. The van der Waals surface area contributed by atoms with E-state index in [0.29, 0.717) is 5.69 Å². The molecular formula is C20H27N5O. The smallest absolute Gasteiger partial charge is 0.276 e. The summed E-state index contributed by atoms with van der Waals surface area (Å²) < 4.78 is 0. The van der Waals surface area contributed by atoms with Gasteiger partial charge < -0.3 is 15.1 Å². The second kappa shape index (κ2) is 7.41. The van der Waals surface area contributed by atoms with Gasteiger partial charge in [-0.2, -0.15) is 0 Å². The minimum atomic E-state index is -0.245. The third-order valence-electron chi connectivity index (χ3n) is 4.72. The highest BCUT2D eigenvalue weighted by molar-refractivity contribution is 6.02. The second-order valence-corrected chi connectivity index (χ2v) is 7.85. The Kier molecular flexibility index (Phi) is 5.23. The van der Waals surface area contributed by atoms with Crippen LogP contribution in [0.4, 0.5) is 11.5 Å². The van der Waals surface area contributed by atoms with Gasteiger partial charge in [0.2, 0.25) is 0 Å². The fourth-order valence-corrected chi connectivity index (χ4v) is 2.90. The average molecular weight is 353 g/mol. The van der Waals surface area contributed by atoms with Crippen LogP contribution in [0.1, 0.15) is 36.8 Å². The van der Waals surface area contributed by atoms with Crippen molar-refractivity contribution in [1.82, 2.24) is 15.1 Å². The first-order valence-corrected chi connectivity index (χ1v) is 9.02. The third kappa shape index (κ3) is 4.38. The normalized spacial score (nSPS) is 15.8. The van der Waals surface area contributed by atoms with Gasteiger partial charge in [0.25, 0.3) is 5.91 Å².